The molecule has 0 N–H and O–H groups in total. The van der Waals surface area contributed by atoms with Crippen LogP contribution in [-0.4, -0.2) is 0 Å². The van der Waals surface area contributed by atoms with E-state index in [1.807, 2.05) is 6.07 Å². The Labute approximate surface area is 120 Å². The van der Waals surface area contributed by atoms with Gasteiger partial charge >= 0.3 is 0 Å². The Morgan fingerprint density at radius 2 is 1.95 bits per heavy atom. The van der Waals surface area contributed by atoms with Crippen molar-refractivity contribution in [1.82, 2.24) is 0 Å². The van der Waals surface area contributed by atoms with Crippen LogP contribution in [0.25, 0.3) is 0 Å². The second kappa shape index (κ2) is 6.06. The molecule has 98 valence electrons. The quantitative estimate of drug-likeness (QED) is 0.862. The van der Waals surface area contributed by atoms with E-state index >= 15 is 0 Å². The first kappa shape index (κ1) is 13.9. The van der Waals surface area contributed by atoms with Gasteiger partial charge in [-0.2, -0.15) is 10.5 Å². The third kappa shape index (κ3) is 2.88. The molecule has 0 saturated heterocycles. The number of halogens is 2. The molecule has 0 aromatic heterocycles. The summed E-state index contributed by atoms with van der Waals surface area (Å²) in [6.07, 6.45) is 0. The van der Waals surface area contributed by atoms with Crippen LogP contribution in [0.2, 0.25) is 5.02 Å². The maximum Gasteiger partial charge on any atom is 0.147 e. The van der Waals surface area contributed by atoms with E-state index in [2.05, 4.69) is 0 Å². The molecular formula is C15H8ClFN2O. The first-order chi connectivity index (χ1) is 9.65. The molecule has 0 heterocycles. The van der Waals surface area contributed by atoms with Crippen LogP contribution in [0.3, 0.4) is 0 Å². The maximum absolute atomic E-state index is 13.8. The van der Waals surface area contributed by atoms with Crippen LogP contribution < -0.4 is 4.74 Å². The Hall–Kier alpha value is -2.56. The fourth-order valence-electron chi connectivity index (χ4n) is 1.62. The van der Waals surface area contributed by atoms with E-state index in [1.165, 1.54) is 18.2 Å². The summed E-state index contributed by atoms with van der Waals surface area (Å²) in [6, 6.07) is 12.8. The van der Waals surface area contributed by atoms with Crippen LogP contribution in [0.1, 0.15) is 16.7 Å². The maximum atomic E-state index is 13.8. The van der Waals surface area contributed by atoms with Gasteiger partial charge in [-0.3, -0.25) is 0 Å². The van der Waals surface area contributed by atoms with Gasteiger partial charge < -0.3 is 4.74 Å². The zero-order chi connectivity index (χ0) is 14.5. The van der Waals surface area contributed by atoms with Crippen molar-refractivity contribution in [1.29, 1.82) is 10.5 Å². The molecule has 0 fully saturated rings. The SMILES string of the molecule is N#Cc1ccc(OCc2cccc(C#N)c2F)c(Cl)c1. The topological polar surface area (TPSA) is 56.8 Å². The molecule has 0 aliphatic carbocycles. The van der Waals surface area contributed by atoms with E-state index in [1.54, 1.807) is 24.3 Å². The summed E-state index contributed by atoms with van der Waals surface area (Å²) in [5.41, 5.74) is 0.654. The van der Waals surface area contributed by atoms with Crippen molar-refractivity contribution in [3.8, 4) is 17.9 Å². The van der Waals surface area contributed by atoms with Gasteiger partial charge in [-0.05, 0) is 24.3 Å². The highest BCUT2D eigenvalue weighted by molar-refractivity contribution is 6.32. The van der Waals surface area contributed by atoms with Crippen molar-refractivity contribution in [3.63, 3.8) is 0 Å². The predicted octanol–water partition coefficient (Wildman–Crippen LogP) is 3.80. The molecule has 0 atom stereocenters. The van der Waals surface area contributed by atoms with Gasteiger partial charge in [0.25, 0.3) is 0 Å². The number of ether oxygens (including phenoxy) is 1. The van der Waals surface area contributed by atoms with Crippen molar-refractivity contribution < 1.29 is 9.13 Å². The van der Waals surface area contributed by atoms with Crippen LogP contribution in [0.4, 0.5) is 4.39 Å². The van der Waals surface area contributed by atoms with E-state index in [4.69, 9.17) is 26.9 Å². The lowest BCUT2D eigenvalue weighted by atomic mass is 10.1. The highest BCUT2D eigenvalue weighted by atomic mass is 35.5. The molecule has 0 radical (unpaired) electrons. The second-order valence-corrected chi connectivity index (χ2v) is 4.34. The minimum absolute atomic E-state index is 0.0305. The fraction of sp³-hybridized carbons (Fsp3) is 0.0667. The van der Waals surface area contributed by atoms with E-state index in [9.17, 15) is 4.39 Å². The van der Waals surface area contributed by atoms with E-state index < -0.39 is 5.82 Å². The minimum atomic E-state index is -0.597. The van der Waals surface area contributed by atoms with Crippen LogP contribution in [-0.2, 0) is 6.61 Å². The first-order valence-corrected chi connectivity index (χ1v) is 6.03. The van der Waals surface area contributed by atoms with Gasteiger partial charge in [0.2, 0.25) is 0 Å². The summed E-state index contributed by atoms with van der Waals surface area (Å²) in [5, 5.41) is 17.8. The molecule has 3 nitrogen and oxygen atoms in total. The van der Waals surface area contributed by atoms with Gasteiger partial charge in [-0.1, -0.05) is 23.7 Å². The molecule has 5 heteroatoms. The monoisotopic (exact) mass is 286 g/mol. The lowest BCUT2D eigenvalue weighted by molar-refractivity contribution is 0.300. The number of benzene rings is 2. The van der Waals surface area contributed by atoms with Crippen molar-refractivity contribution in [2.75, 3.05) is 0 Å². The predicted molar refractivity (Wildman–Crippen MR) is 71.6 cm³/mol. The van der Waals surface area contributed by atoms with Gasteiger partial charge in [-0.15, -0.1) is 0 Å². The molecule has 0 bridgehead atoms. The summed E-state index contributed by atoms with van der Waals surface area (Å²) in [5.74, 6) is -0.243. The lowest BCUT2D eigenvalue weighted by Crippen LogP contribution is -2.00. The number of nitriles is 2. The molecule has 0 saturated carbocycles. The summed E-state index contributed by atoms with van der Waals surface area (Å²) in [6.45, 7) is -0.0486. The van der Waals surface area contributed by atoms with Crippen LogP contribution >= 0.6 is 11.6 Å². The van der Waals surface area contributed by atoms with E-state index in [0.717, 1.165) is 0 Å². The molecule has 0 aliphatic heterocycles. The van der Waals surface area contributed by atoms with Crippen molar-refractivity contribution in [2.24, 2.45) is 0 Å². The van der Waals surface area contributed by atoms with E-state index in [0.29, 0.717) is 11.3 Å². The van der Waals surface area contributed by atoms with Gasteiger partial charge in [-0.25, -0.2) is 4.39 Å². The average Bonchev–Trinajstić information content (AvgIpc) is 2.47. The molecule has 0 amide bonds. The van der Waals surface area contributed by atoms with Gasteiger partial charge in [0.1, 0.15) is 24.2 Å². The van der Waals surface area contributed by atoms with Crippen molar-refractivity contribution in [2.45, 2.75) is 6.61 Å². The molecule has 0 unspecified atom stereocenters. The van der Waals surface area contributed by atoms with Crippen molar-refractivity contribution in [3.05, 3.63) is 63.9 Å². The molecule has 2 aromatic carbocycles. The summed E-state index contributed by atoms with van der Waals surface area (Å²) in [7, 11) is 0. The molecule has 0 aliphatic rings. The Morgan fingerprint density at radius 1 is 1.15 bits per heavy atom. The smallest absolute Gasteiger partial charge is 0.147 e. The Kier molecular flexibility index (Phi) is 4.20. The molecule has 2 rings (SSSR count). The third-order valence-electron chi connectivity index (χ3n) is 2.64. The molecular weight excluding hydrogens is 279 g/mol. The standard InChI is InChI=1S/C15H8ClFN2O/c16-13-6-10(7-18)4-5-14(13)20-9-12-3-1-2-11(8-19)15(12)17/h1-6H,9H2. The van der Waals surface area contributed by atoms with Crippen molar-refractivity contribution >= 4 is 11.6 Å². The number of nitrogens with zero attached hydrogens (tertiary/aromatic N) is 2. The van der Waals surface area contributed by atoms with Crippen LogP contribution in [0.5, 0.6) is 5.75 Å². The normalized spacial score (nSPS) is 9.60. The van der Waals surface area contributed by atoms with Crippen LogP contribution in [0, 0.1) is 28.5 Å². The lowest BCUT2D eigenvalue weighted by Gasteiger charge is -2.09. The number of hydrogen-bond acceptors (Lipinski definition) is 3. The fourth-order valence-corrected chi connectivity index (χ4v) is 1.86. The average molecular weight is 287 g/mol. The highest BCUT2D eigenvalue weighted by Gasteiger charge is 2.09. The zero-order valence-electron chi connectivity index (χ0n) is 10.2. The summed E-state index contributed by atoms with van der Waals surface area (Å²) in [4.78, 5) is 0. The van der Waals surface area contributed by atoms with Gasteiger partial charge in [0, 0.05) is 5.56 Å². The summed E-state index contributed by atoms with van der Waals surface area (Å²) < 4.78 is 19.2. The summed E-state index contributed by atoms with van der Waals surface area (Å²) >= 11 is 5.95. The Morgan fingerprint density at radius 3 is 2.60 bits per heavy atom. The van der Waals surface area contributed by atoms with Gasteiger partial charge in [0.05, 0.1) is 22.2 Å². The number of hydrogen-bond donors (Lipinski definition) is 0. The Bertz CT molecular complexity index is 732. The van der Waals surface area contributed by atoms with E-state index in [-0.39, 0.29) is 22.8 Å². The second-order valence-electron chi connectivity index (χ2n) is 3.94. The number of rotatable bonds is 3. The van der Waals surface area contributed by atoms with Gasteiger partial charge in [0.15, 0.2) is 0 Å². The Balaban J connectivity index is 2.18. The largest absolute Gasteiger partial charge is 0.487 e. The zero-order valence-corrected chi connectivity index (χ0v) is 11.0. The highest BCUT2D eigenvalue weighted by Crippen LogP contribution is 2.26. The first-order valence-electron chi connectivity index (χ1n) is 5.65. The molecule has 20 heavy (non-hydrogen) atoms. The third-order valence-corrected chi connectivity index (χ3v) is 2.94. The molecule has 2 aromatic rings. The minimum Gasteiger partial charge on any atom is -0.487 e. The molecule has 0 spiro atoms. The van der Waals surface area contributed by atoms with Crippen LogP contribution in [0.15, 0.2) is 36.4 Å².